The number of nitrogens with zero attached hydrogens (tertiary/aromatic N) is 1. The SMILES string of the molecule is N#Cc1ccc2c(c1)OCC1(CC1)NC2. The van der Waals surface area contributed by atoms with Gasteiger partial charge in [-0.3, -0.25) is 0 Å². The summed E-state index contributed by atoms with van der Waals surface area (Å²) in [6.07, 6.45) is 2.40. The van der Waals surface area contributed by atoms with Crippen molar-refractivity contribution < 1.29 is 4.74 Å². The Balaban J connectivity index is 1.93. The van der Waals surface area contributed by atoms with Crippen LogP contribution in [0.15, 0.2) is 18.2 Å². The summed E-state index contributed by atoms with van der Waals surface area (Å²) in [5.41, 5.74) is 2.05. The van der Waals surface area contributed by atoms with E-state index in [-0.39, 0.29) is 5.54 Å². The van der Waals surface area contributed by atoms with E-state index in [2.05, 4.69) is 11.4 Å². The van der Waals surface area contributed by atoms with Crippen molar-refractivity contribution in [3.05, 3.63) is 29.3 Å². The molecule has 3 rings (SSSR count). The van der Waals surface area contributed by atoms with Crippen molar-refractivity contribution in [2.75, 3.05) is 6.61 Å². The smallest absolute Gasteiger partial charge is 0.125 e. The lowest BCUT2D eigenvalue weighted by molar-refractivity contribution is 0.266. The minimum atomic E-state index is 0.228. The highest BCUT2D eigenvalue weighted by Crippen LogP contribution is 2.38. The minimum Gasteiger partial charge on any atom is -0.491 e. The summed E-state index contributed by atoms with van der Waals surface area (Å²) >= 11 is 0. The highest BCUT2D eigenvalue weighted by molar-refractivity contribution is 5.43. The van der Waals surface area contributed by atoms with Gasteiger partial charge in [0.25, 0.3) is 0 Å². The maximum atomic E-state index is 8.80. The second-order valence-corrected chi connectivity index (χ2v) is 4.36. The number of rotatable bonds is 0. The van der Waals surface area contributed by atoms with E-state index >= 15 is 0 Å². The molecule has 0 unspecified atom stereocenters. The highest BCUT2D eigenvalue weighted by Gasteiger charge is 2.44. The molecule has 0 amide bonds. The molecule has 1 saturated carbocycles. The highest BCUT2D eigenvalue weighted by atomic mass is 16.5. The Labute approximate surface area is 88.7 Å². The first-order chi connectivity index (χ1) is 7.31. The van der Waals surface area contributed by atoms with Crippen molar-refractivity contribution in [3.8, 4) is 11.8 Å². The summed E-state index contributed by atoms with van der Waals surface area (Å²) in [5, 5.41) is 12.3. The van der Waals surface area contributed by atoms with Crippen LogP contribution in [0.25, 0.3) is 0 Å². The molecule has 1 aliphatic carbocycles. The van der Waals surface area contributed by atoms with Gasteiger partial charge >= 0.3 is 0 Å². The number of hydrogen-bond donors (Lipinski definition) is 1. The van der Waals surface area contributed by atoms with Gasteiger partial charge in [-0.1, -0.05) is 6.07 Å². The second kappa shape index (κ2) is 2.98. The lowest BCUT2D eigenvalue weighted by Crippen LogP contribution is -2.34. The van der Waals surface area contributed by atoms with Gasteiger partial charge in [0, 0.05) is 12.1 Å². The van der Waals surface area contributed by atoms with Gasteiger partial charge in [0.05, 0.1) is 17.2 Å². The maximum Gasteiger partial charge on any atom is 0.125 e. The van der Waals surface area contributed by atoms with Gasteiger partial charge < -0.3 is 10.1 Å². The third-order valence-electron chi connectivity index (χ3n) is 3.21. The van der Waals surface area contributed by atoms with Crippen molar-refractivity contribution in [3.63, 3.8) is 0 Å². The number of ether oxygens (including phenoxy) is 1. The van der Waals surface area contributed by atoms with Crippen molar-refractivity contribution in [2.24, 2.45) is 0 Å². The van der Waals surface area contributed by atoms with Gasteiger partial charge in [-0.25, -0.2) is 0 Å². The summed E-state index contributed by atoms with van der Waals surface area (Å²) < 4.78 is 5.76. The molecule has 1 aliphatic heterocycles. The molecular weight excluding hydrogens is 188 g/mol. The zero-order chi connectivity index (χ0) is 10.3. The van der Waals surface area contributed by atoms with E-state index < -0.39 is 0 Å². The van der Waals surface area contributed by atoms with Crippen LogP contribution in [-0.4, -0.2) is 12.1 Å². The molecule has 0 aromatic heterocycles. The Kier molecular flexibility index (Phi) is 1.74. The van der Waals surface area contributed by atoms with Crippen molar-refractivity contribution >= 4 is 0 Å². The van der Waals surface area contributed by atoms with E-state index in [9.17, 15) is 0 Å². The molecule has 1 fully saturated rings. The number of nitrogens with one attached hydrogen (secondary N) is 1. The van der Waals surface area contributed by atoms with Crippen LogP contribution < -0.4 is 10.1 Å². The molecule has 0 saturated heterocycles. The number of hydrogen-bond acceptors (Lipinski definition) is 3. The van der Waals surface area contributed by atoms with Crippen LogP contribution in [0.3, 0.4) is 0 Å². The van der Waals surface area contributed by atoms with E-state index in [1.807, 2.05) is 18.2 Å². The number of nitriles is 1. The average molecular weight is 200 g/mol. The summed E-state index contributed by atoms with van der Waals surface area (Å²) in [6, 6.07) is 7.78. The number of benzene rings is 1. The molecule has 3 nitrogen and oxygen atoms in total. The van der Waals surface area contributed by atoms with Gasteiger partial charge in [0.1, 0.15) is 12.4 Å². The monoisotopic (exact) mass is 200 g/mol. The van der Waals surface area contributed by atoms with Gasteiger partial charge in [-0.05, 0) is 25.0 Å². The van der Waals surface area contributed by atoms with E-state index in [4.69, 9.17) is 10.00 Å². The molecule has 1 aromatic rings. The fourth-order valence-electron chi connectivity index (χ4n) is 1.93. The molecule has 1 aromatic carbocycles. The second-order valence-electron chi connectivity index (χ2n) is 4.36. The summed E-state index contributed by atoms with van der Waals surface area (Å²) in [5.74, 6) is 0.866. The predicted molar refractivity (Wildman–Crippen MR) is 55.5 cm³/mol. The summed E-state index contributed by atoms with van der Waals surface area (Å²) in [4.78, 5) is 0. The predicted octanol–water partition coefficient (Wildman–Crippen LogP) is 1.57. The van der Waals surface area contributed by atoms with E-state index in [1.54, 1.807) is 0 Å². The maximum absolute atomic E-state index is 8.80. The molecule has 1 heterocycles. The van der Waals surface area contributed by atoms with Crippen LogP contribution in [-0.2, 0) is 6.54 Å². The van der Waals surface area contributed by atoms with Crippen LogP contribution in [0.2, 0.25) is 0 Å². The molecular formula is C12H12N2O. The zero-order valence-electron chi connectivity index (χ0n) is 8.42. The molecule has 15 heavy (non-hydrogen) atoms. The van der Waals surface area contributed by atoms with Gasteiger partial charge in [0.2, 0.25) is 0 Å². The Morgan fingerprint density at radius 3 is 3.00 bits per heavy atom. The third kappa shape index (κ3) is 1.47. The molecule has 0 radical (unpaired) electrons. The van der Waals surface area contributed by atoms with Crippen LogP contribution in [0.1, 0.15) is 24.0 Å². The van der Waals surface area contributed by atoms with Crippen LogP contribution in [0.4, 0.5) is 0 Å². The largest absolute Gasteiger partial charge is 0.491 e. The molecule has 2 aliphatic rings. The van der Waals surface area contributed by atoms with Crippen molar-refractivity contribution in [2.45, 2.75) is 24.9 Å². The quantitative estimate of drug-likeness (QED) is 0.691. The summed E-state index contributed by atoms with van der Waals surface area (Å²) in [7, 11) is 0. The standard InChI is InChI=1S/C12H12N2O/c13-6-9-1-2-10-7-14-12(3-4-12)8-15-11(10)5-9/h1-2,5,14H,3-4,7-8H2. The Bertz CT molecular complexity index is 443. The third-order valence-corrected chi connectivity index (χ3v) is 3.21. The normalized spacial score (nSPS) is 21.0. The first kappa shape index (κ1) is 8.75. The fourth-order valence-corrected chi connectivity index (χ4v) is 1.93. The molecule has 76 valence electrons. The van der Waals surface area contributed by atoms with Gasteiger partial charge in [0.15, 0.2) is 0 Å². The minimum absolute atomic E-state index is 0.228. The molecule has 0 bridgehead atoms. The molecule has 1 spiro atoms. The molecule has 3 heteroatoms. The van der Waals surface area contributed by atoms with Crippen LogP contribution in [0.5, 0.6) is 5.75 Å². The average Bonchev–Trinajstić information content (AvgIpc) is 3.07. The Morgan fingerprint density at radius 2 is 2.27 bits per heavy atom. The summed E-state index contributed by atoms with van der Waals surface area (Å²) in [6.45, 7) is 1.58. The Hall–Kier alpha value is -1.53. The van der Waals surface area contributed by atoms with E-state index in [1.165, 1.54) is 12.8 Å². The fraction of sp³-hybridized carbons (Fsp3) is 0.417. The number of fused-ring (bicyclic) bond motifs is 1. The van der Waals surface area contributed by atoms with Crippen molar-refractivity contribution in [1.82, 2.24) is 5.32 Å². The topological polar surface area (TPSA) is 45.0 Å². The molecule has 1 N–H and O–H groups in total. The van der Waals surface area contributed by atoms with Gasteiger partial charge in [-0.15, -0.1) is 0 Å². The van der Waals surface area contributed by atoms with Crippen LogP contribution >= 0.6 is 0 Å². The van der Waals surface area contributed by atoms with Gasteiger partial charge in [-0.2, -0.15) is 5.26 Å². The first-order valence-corrected chi connectivity index (χ1v) is 5.22. The Morgan fingerprint density at radius 1 is 1.40 bits per heavy atom. The van der Waals surface area contributed by atoms with E-state index in [0.717, 1.165) is 24.5 Å². The molecule has 0 atom stereocenters. The lowest BCUT2D eigenvalue weighted by Gasteiger charge is -2.11. The first-order valence-electron chi connectivity index (χ1n) is 5.22. The van der Waals surface area contributed by atoms with Crippen molar-refractivity contribution in [1.29, 1.82) is 5.26 Å². The van der Waals surface area contributed by atoms with E-state index in [0.29, 0.717) is 5.56 Å². The lowest BCUT2D eigenvalue weighted by atomic mass is 10.1. The van der Waals surface area contributed by atoms with Crippen LogP contribution in [0, 0.1) is 11.3 Å². The zero-order valence-corrected chi connectivity index (χ0v) is 8.42.